The lowest BCUT2D eigenvalue weighted by Crippen LogP contribution is -2.14. The maximum atomic E-state index is 13.0. The highest BCUT2D eigenvalue weighted by atomic mass is 79.9. The van der Waals surface area contributed by atoms with Crippen LogP contribution in [0.2, 0.25) is 0 Å². The van der Waals surface area contributed by atoms with Crippen LogP contribution in [0.5, 0.6) is 0 Å². The van der Waals surface area contributed by atoms with Crippen LogP contribution in [0.3, 0.4) is 0 Å². The summed E-state index contributed by atoms with van der Waals surface area (Å²) >= 11 is 3.01. The molecule has 7 heteroatoms. The van der Waals surface area contributed by atoms with E-state index in [1.54, 1.807) is 0 Å². The smallest absolute Gasteiger partial charge is 0.321 e. The monoisotopic (exact) mass is 299 g/mol. The number of rotatable bonds is 2. The summed E-state index contributed by atoms with van der Waals surface area (Å²) in [5, 5.41) is 2.51. The lowest BCUT2D eigenvalue weighted by Gasteiger charge is -2.04. The average Bonchev–Trinajstić information content (AvgIpc) is 2.70. The molecule has 0 aliphatic rings. The average molecular weight is 300 g/mol. The molecule has 0 fully saturated rings. The third-order valence-electron chi connectivity index (χ3n) is 2.02. The van der Waals surface area contributed by atoms with E-state index in [1.807, 2.05) is 0 Å². The Morgan fingerprint density at radius 1 is 1.41 bits per heavy atom. The molecule has 0 unspecified atom stereocenters. The third-order valence-corrected chi connectivity index (χ3v) is 2.63. The first-order chi connectivity index (χ1) is 8.06. The second-order valence-electron chi connectivity index (χ2n) is 3.24. The molecule has 0 radical (unpaired) electrons. The molecule has 1 amide bonds. The van der Waals surface area contributed by atoms with Crippen molar-refractivity contribution in [3.63, 3.8) is 0 Å². The Bertz CT molecular complexity index is 620. The van der Waals surface area contributed by atoms with Crippen molar-refractivity contribution in [3.8, 4) is 0 Å². The van der Waals surface area contributed by atoms with E-state index < -0.39 is 17.4 Å². The minimum absolute atomic E-state index is 0.107. The predicted molar refractivity (Wildman–Crippen MR) is 63.5 cm³/mol. The Labute approximate surface area is 103 Å². The van der Waals surface area contributed by atoms with Gasteiger partial charge in [-0.2, -0.15) is 0 Å². The number of hydrogen-bond acceptors (Lipinski definition) is 2. The maximum absolute atomic E-state index is 13.0. The molecule has 88 valence electrons. The fourth-order valence-corrected chi connectivity index (χ4v) is 1.61. The molecule has 0 saturated heterocycles. The first-order valence-electron chi connectivity index (χ1n) is 4.60. The summed E-state index contributed by atoms with van der Waals surface area (Å²) < 4.78 is 13.2. The van der Waals surface area contributed by atoms with Gasteiger partial charge in [-0.25, -0.2) is 9.18 Å². The second kappa shape index (κ2) is 4.54. The Morgan fingerprint density at radius 3 is 2.76 bits per heavy atom. The summed E-state index contributed by atoms with van der Waals surface area (Å²) in [7, 11) is 0. The van der Waals surface area contributed by atoms with Crippen molar-refractivity contribution in [2.45, 2.75) is 0 Å². The minimum atomic E-state index is -0.484. The van der Waals surface area contributed by atoms with Gasteiger partial charge in [0.1, 0.15) is 11.5 Å². The summed E-state index contributed by atoms with van der Waals surface area (Å²) in [5.74, 6) is -0.903. The highest BCUT2D eigenvalue weighted by Crippen LogP contribution is 2.20. The van der Waals surface area contributed by atoms with Crippen LogP contribution in [0.25, 0.3) is 0 Å². The van der Waals surface area contributed by atoms with E-state index >= 15 is 0 Å². The van der Waals surface area contributed by atoms with Gasteiger partial charge in [0, 0.05) is 11.9 Å². The van der Waals surface area contributed by atoms with Crippen molar-refractivity contribution in [3.05, 3.63) is 50.9 Å². The topological polar surface area (TPSA) is 77.8 Å². The summed E-state index contributed by atoms with van der Waals surface area (Å²) in [6.45, 7) is 0. The summed E-state index contributed by atoms with van der Waals surface area (Å²) in [6.07, 6.45) is 1.26. The first kappa shape index (κ1) is 11.6. The van der Waals surface area contributed by atoms with Gasteiger partial charge in [0.25, 0.3) is 5.91 Å². The quantitative estimate of drug-likeness (QED) is 0.791. The zero-order valence-electron chi connectivity index (χ0n) is 8.38. The molecule has 2 aromatic rings. The van der Waals surface area contributed by atoms with Crippen molar-refractivity contribution in [1.29, 1.82) is 0 Å². The Balaban J connectivity index is 2.18. The summed E-state index contributed by atoms with van der Waals surface area (Å²) in [4.78, 5) is 27.0. The molecule has 5 nitrogen and oxygen atoms in total. The number of nitrogens with one attached hydrogen (secondary N) is 3. The molecule has 0 atom stereocenters. The molecule has 3 N–H and O–H groups in total. The van der Waals surface area contributed by atoms with Crippen LogP contribution in [0.4, 0.5) is 10.1 Å². The number of benzene rings is 1. The Hall–Kier alpha value is -1.89. The molecule has 17 heavy (non-hydrogen) atoms. The van der Waals surface area contributed by atoms with E-state index in [-0.39, 0.29) is 10.2 Å². The fraction of sp³-hybridized carbons (Fsp3) is 0. The molecule has 0 aliphatic heterocycles. The van der Waals surface area contributed by atoms with Crippen LogP contribution in [0, 0.1) is 5.82 Å². The van der Waals surface area contributed by atoms with E-state index in [1.165, 1.54) is 24.4 Å². The zero-order valence-corrected chi connectivity index (χ0v) is 9.97. The largest absolute Gasteiger partial charge is 0.323 e. The van der Waals surface area contributed by atoms with Crippen molar-refractivity contribution >= 4 is 27.5 Å². The number of amides is 1. The van der Waals surface area contributed by atoms with Gasteiger partial charge in [-0.3, -0.25) is 4.79 Å². The van der Waals surface area contributed by atoms with Crippen LogP contribution in [-0.4, -0.2) is 15.9 Å². The van der Waals surface area contributed by atoms with Gasteiger partial charge in [-0.1, -0.05) is 0 Å². The standard InChI is InChI=1S/C10H7BrFN3O2/c11-6-3-5(1-2-7(6)12)14-9(16)8-4-13-10(17)15-8/h1-4H,(H,14,16)(H2,13,15,17). The molecular weight excluding hydrogens is 293 g/mol. The van der Waals surface area contributed by atoms with Crippen molar-refractivity contribution in [2.75, 3.05) is 5.32 Å². The molecule has 1 heterocycles. The zero-order chi connectivity index (χ0) is 12.4. The van der Waals surface area contributed by atoms with Gasteiger partial charge < -0.3 is 15.3 Å². The van der Waals surface area contributed by atoms with Crippen molar-refractivity contribution in [1.82, 2.24) is 9.97 Å². The number of carbonyl (C=O) groups excluding carboxylic acids is 1. The lowest BCUT2D eigenvalue weighted by molar-refractivity contribution is 0.102. The fourth-order valence-electron chi connectivity index (χ4n) is 1.23. The minimum Gasteiger partial charge on any atom is -0.321 e. The second-order valence-corrected chi connectivity index (χ2v) is 4.09. The van der Waals surface area contributed by atoms with Gasteiger partial charge in [0.15, 0.2) is 0 Å². The lowest BCUT2D eigenvalue weighted by atomic mass is 10.3. The number of H-pyrrole nitrogens is 2. The molecule has 0 bridgehead atoms. The molecule has 0 aliphatic carbocycles. The molecular formula is C10H7BrFN3O2. The number of carbonyl (C=O) groups is 1. The number of hydrogen-bond donors (Lipinski definition) is 3. The number of aromatic nitrogens is 2. The van der Waals surface area contributed by atoms with E-state index in [4.69, 9.17) is 0 Å². The van der Waals surface area contributed by atoms with Gasteiger partial charge in [0.05, 0.1) is 4.47 Å². The van der Waals surface area contributed by atoms with Crippen molar-refractivity contribution < 1.29 is 9.18 Å². The molecule has 1 aromatic heterocycles. The van der Waals surface area contributed by atoms with Gasteiger partial charge in [-0.05, 0) is 34.1 Å². The maximum Gasteiger partial charge on any atom is 0.323 e. The number of imidazole rings is 1. The van der Waals surface area contributed by atoms with E-state index in [2.05, 4.69) is 31.2 Å². The first-order valence-corrected chi connectivity index (χ1v) is 5.39. The van der Waals surface area contributed by atoms with E-state index in [0.29, 0.717) is 5.69 Å². The Morgan fingerprint density at radius 2 is 2.18 bits per heavy atom. The van der Waals surface area contributed by atoms with E-state index in [9.17, 15) is 14.0 Å². The van der Waals surface area contributed by atoms with Crippen LogP contribution in [0.15, 0.2) is 33.7 Å². The van der Waals surface area contributed by atoms with Crippen LogP contribution in [-0.2, 0) is 0 Å². The highest BCUT2D eigenvalue weighted by molar-refractivity contribution is 9.10. The van der Waals surface area contributed by atoms with E-state index in [0.717, 1.165) is 0 Å². The molecule has 1 aromatic carbocycles. The normalized spacial score (nSPS) is 10.2. The molecule has 0 spiro atoms. The predicted octanol–water partition coefficient (Wildman–Crippen LogP) is 1.86. The third kappa shape index (κ3) is 2.62. The molecule has 0 saturated carbocycles. The number of halogens is 2. The SMILES string of the molecule is O=C(Nc1ccc(F)c(Br)c1)c1c[nH]c(=O)[nH]1. The summed E-state index contributed by atoms with van der Waals surface area (Å²) in [6, 6.07) is 4.07. The van der Waals surface area contributed by atoms with Gasteiger partial charge in [-0.15, -0.1) is 0 Å². The summed E-state index contributed by atoms with van der Waals surface area (Å²) in [5.41, 5.74) is 0.0659. The number of aromatic amines is 2. The van der Waals surface area contributed by atoms with Crippen molar-refractivity contribution in [2.24, 2.45) is 0 Å². The molecule has 2 rings (SSSR count). The Kier molecular flexibility index (Phi) is 3.10. The van der Waals surface area contributed by atoms with Gasteiger partial charge in [0.2, 0.25) is 0 Å². The van der Waals surface area contributed by atoms with Gasteiger partial charge >= 0.3 is 5.69 Å². The number of anilines is 1. The van der Waals surface area contributed by atoms with Crippen LogP contribution in [0.1, 0.15) is 10.5 Å². The van der Waals surface area contributed by atoms with Crippen LogP contribution < -0.4 is 11.0 Å². The van der Waals surface area contributed by atoms with Crippen LogP contribution >= 0.6 is 15.9 Å². The highest BCUT2D eigenvalue weighted by Gasteiger charge is 2.09.